The highest BCUT2D eigenvalue weighted by Gasteiger charge is 2.54. The molecule has 3 atom stereocenters. The number of hydrogen-bond donors (Lipinski definition) is 0. The molecule has 0 aromatic heterocycles. The summed E-state index contributed by atoms with van der Waals surface area (Å²) in [5, 5.41) is 5.33. The summed E-state index contributed by atoms with van der Waals surface area (Å²) in [6.45, 7) is 14.7. The fourth-order valence-electron chi connectivity index (χ4n) is 6.91. The first-order valence-electron chi connectivity index (χ1n) is 17.4. The summed E-state index contributed by atoms with van der Waals surface area (Å²) >= 11 is 16.1. The molecule has 6 rings (SSSR count). The highest BCUT2D eigenvalue weighted by Crippen LogP contribution is 2.52. The van der Waals surface area contributed by atoms with E-state index in [1.807, 2.05) is 18.2 Å². The van der Waals surface area contributed by atoms with Crippen LogP contribution in [0.2, 0.25) is 10.0 Å². The Bertz CT molecular complexity index is 1460. The molecule has 2 aliphatic heterocycles. The maximum Gasteiger partial charge on any atom is 0.249 e. The van der Waals surface area contributed by atoms with Crippen LogP contribution in [0.25, 0.3) is 0 Å². The minimum absolute atomic E-state index is 0. The van der Waals surface area contributed by atoms with Crippen LogP contribution in [0.15, 0.2) is 46.0 Å². The second-order valence-corrected chi connectivity index (χ2v) is 18.5. The van der Waals surface area contributed by atoms with E-state index in [-0.39, 0.29) is 55.8 Å². The number of ether oxygens (including phenoxy) is 1. The number of alkyl halides is 4. The van der Waals surface area contributed by atoms with E-state index in [4.69, 9.17) is 32.8 Å². The summed E-state index contributed by atoms with van der Waals surface area (Å²) in [5.41, 5.74) is 4.64. The van der Waals surface area contributed by atoms with Crippen molar-refractivity contribution in [1.29, 1.82) is 0 Å². The minimum Gasteiger partial charge on any atom is -0.395 e. The number of benzene rings is 2. The normalized spacial score (nSPS) is 24.9. The topological polar surface area (TPSA) is 30.8 Å². The fraction of sp³-hybridized carbons (Fsp3) is 0.675. The molecule has 3 fully saturated rings. The van der Waals surface area contributed by atoms with Gasteiger partial charge < -0.3 is 9.57 Å². The Kier molecular flexibility index (Phi) is 14.8. The summed E-state index contributed by atoms with van der Waals surface area (Å²) in [6.07, 6.45) is 4.82. The van der Waals surface area contributed by atoms with Gasteiger partial charge in [0.25, 0.3) is 0 Å². The van der Waals surface area contributed by atoms with E-state index in [0.717, 1.165) is 57.0 Å². The number of hydrogen-bond acceptors (Lipinski definition) is 3. The van der Waals surface area contributed by atoms with Gasteiger partial charge in [-0.2, -0.15) is 0 Å². The Morgan fingerprint density at radius 2 is 1.38 bits per heavy atom. The van der Waals surface area contributed by atoms with Gasteiger partial charge in [0.05, 0.1) is 18.9 Å². The second-order valence-electron chi connectivity index (χ2n) is 16.7. The lowest BCUT2D eigenvalue weighted by Gasteiger charge is -2.41. The van der Waals surface area contributed by atoms with Crippen molar-refractivity contribution in [3.05, 3.63) is 67.6 Å². The van der Waals surface area contributed by atoms with Crippen LogP contribution >= 0.6 is 39.1 Å². The molecule has 4 aliphatic rings. The smallest absolute Gasteiger partial charge is 0.249 e. The lowest BCUT2D eigenvalue weighted by atomic mass is 9.63. The first-order valence-corrected chi connectivity index (χ1v) is 19.0. The molecule has 3 nitrogen and oxygen atoms in total. The van der Waals surface area contributed by atoms with E-state index in [0.29, 0.717) is 38.1 Å². The molecule has 10 heteroatoms. The predicted octanol–water partition coefficient (Wildman–Crippen LogP) is 13.5. The van der Waals surface area contributed by atoms with Crippen molar-refractivity contribution in [1.82, 2.24) is 0 Å². The average molecular weight is 810 g/mol. The van der Waals surface area contributed by atoms with Gasteiger partial charge >= 0.3 is 0 Å². The van der Waals surface area contributed by atoms with E-state index in [1.54, 1.807) is 0 Å². The van der Waals surface area contributed by atoms with Gasteiger partial charge in [0.1, 0.15) is 6.61 Å². The standard InChI is InChI=1S/C20H27ClF2O.C12H16BrCl.C7H9F2NO.CH4/c1-18(2,3)7-6-14-4-5-15(10-17(14)21)19-8-9-20(22,23)11-16(19)12-24-13-19;1-12(2,3)7-6-9-4-5-10(13)8-11(9)14;8-7(9)2-1-6-5(3-7)4-11-10-6;/h4-5,10,16H,6-9,11-13H2,1-3H3;4-5,8H,6-7H2,1-3H3;5H,1-4H2;1H4. The van der Waals surface area contributed by atoms with Crippen LogP contribution in [0.5, 0.6) is 0 Å². The number of nitrogens with zero attached hydrogens (tertiary/aromatic N) is 1. The van der Waals surface area contributed by atoms with Gasteiger partial charge in [-0.25, -0.2) is 17.6 Å². The van der Waals surface area contributed by atoms with E-state index in [1.165, 1.54) is 5.56 Å². The molecule has 2 heterocycles. The summed E-state index contributed by atoms with van der Waals surface area (Å²) in [6, 6.07) is 12.3. The molecule has 50 heavy (non-hydrogen) atoms. The van der Waals surface area contributed by atoms with Gasteiger partial charge in [-0.05, 0) is 90.2 Å². The van der Waals surface area contributed by atoms with Gasteiger partial charge in [-0.1, -0.05) is 111 Å². The van der Waals surface area contributed by atoms with Gasteiger partial charge in [0.15, 0.2) is 0 Å². The largest absolute Gasteiger partial charge is 0.395 e. The summed E-state index contributed by atoms with van der Waals surface area (Å²) < 4.78 is 59.7. The first kappa shape index (κ1) is 43.1. The van der Waals surface area contributed by atoms with Gasteiger partial charge in [-0.3, -0.25) is 0 Å². The monoisotopic (exact) mass is 807 g/mol. The molecule has 2 saturated carbocycles. The summed E-state index contributed by atoms with van der Waals surface area (Å²) in [4.78, 5) is 4.74. The third-order valence-corrected chi connectivity index (χ3v) is 11.3. The minimum atomic E-state index is -2.56. The summed E-state index contributed by atoms with van der Waals surface area (Å²) in [5.74, 6) is -5.27. The van der Waals surface area contributed by atoms with E-state index >= 15 is 0 Å². The molecule has 2 aliphatic carbocycles. The highest BCUT2D eigenvalue weighted by molar-refractivity contribution is 9.10. The zero-order valence-corrected chi connectivity index (χ0v) is 32.8. The number of rotatable bonds is 5. The molecular weight excluding hydrogens is 753 g/mol. The van der Waals surface area contributed by atoms with Crippen LogP contribution in [-0.2, 0) is 27.8 Å². The Balaban J connectivity index is 0.000000221. The van der Waals surface area contributed by atoms with E-state index < -0.39 is 11.8 Å². The van der Waals surface area contributed by atoms with Crippen molar-refractivity contribution in [3.63, 3.8) is 0 Å². The van der Waals surface area contributed by atoms with Gasteiger partial charge in [0.2, 0.25) is 11.8 Å². The molecular formula is C40H56BrCl2F4NO2. The highest BCUT2D eigenvalue weighted by atomic mass is 79.9. The van der Waals surface area contributed by atoms with Crippen LogP contribution in [-0.4, -0.2) is 37.4 Å². The zero-order valence-electron chi connectivity index (χ0n) is 29.7. The molecule has 2 aromatic rings. The third-order valence-electron chi connectivity index (χ3n) is 10.1. The number of oxime groups is 1. The molecule has 0 spiro atoms. The Labute approximate surface area is 316 Å². The fourth-order valence-corrected chi connectivity index (χ4v) is 7.95. The molecule has 0 radical (unpaired) electrons. The average Bonchev–Trinajstić information content (AvgIpc) is 3.61. The molecule has 0 N–H and O–H groups in total. The van der Waals surface area contributed by atoms with Crippen LogP contribution in [0.4, 0.5) is 17.6 Å². The van der Waals surface area contributed by atoms with Gasteiger partial charge in [0, 0.05) is 51.5 Å². The zero-order chi connectivity index (χ0) is 36.3. The maximum atomic E-state index is 13.8. The van der Waals surface area contributed by atoms with Crippen molar-refractivity contribution in [2.45, 2.75) is 130 Å². The van der Waals surface area contributed by atoms with Crippen LogP contribution < -0.4 is 0 Å². The summed E-state index contributed by atoms with van der Waals surface area (Å²) in [7, 11) is 0. The molecule has 0 bridgehead atoms. The number of aryl methyl sites for hydroxylation is 2. The van der Waals surface area contributed by atoms with Crippen molar-refractivity contribution in [2.24, 2.45) is 27.8 Å². The van der Waals surface area contributed by atoms with E-state index in [2.05, 4.69) is 80.8 Å². The third kappa shape index (κ3) is 12.4. The van der Waals surface area contributed by atoms with Crippen LogP contribution in [0.1, 0.15) is 117 Å². The Morgan fingerprint density at radius 3 is 1.96 bits per heavy atom. The lowest BCUT2D eigenvalue weighted by Crippen LogP contribution is -2.43. The van der Waals surface area contributed by atoms with Crippen LogP contribution in [0, 0.1) is 22.7 Å². The maximum absolute atomic E-state index is 13.8. The second kappa shape index (κ2) is 17.2. The molecule has 2 aromatic carbocycles. The Morgan fingerprint density at radius 1 is 0.800 bits per heavy atom. The molecule has 3 unspecified atom stereocenters. The molecule has 282 valence electrons. The number of halogens is 7. The van der Waals surface area contributed by atoms with Crippen LogP contribution in [0.3, 0.4) is 0 Å². The number of fused-ring (bicyclic) bond motifs is 2. The lowest BCUT2D eigenvalue weighted by molar-refractivity contribution is -0.0676. The van der Waals surface area contributed by atoms with Gasteiger partial charge in [-0.15, -0.1) is 0 Å². The SMILES string of the molecule is C.CC(C)(C)CCc1ccc(Br)cc1Cl.CC(C)(C)CCc1ccc(C23CCC(F)(F)CC2COC3)cc1Cl.FC1(F)CCC2=NOCC2C1. The van der Waals surface area contributed by atoms with Crippen molar-refractivity contribution >= 4 is 44.8 Å². The quantitative estimate of drug-likeness (QED) is 0.282. The van der Waals surface area contributed by atoms with Crippen molar-refractivity contribution in [3.8, 4) is 0 Å². The molecule has 1 saturated heterocycles. The molecule has 0 amide bonds. The first-order chi connectivity index (χ1) is 22.7. The van der Waals surface area contributed by atoms with Crippen molar-refractivity contribution in [2.75, 3.05) is 19.8 Å². The van der Waals surface area contributed by atoms with Crippen molar-refractivity contribution < 1.29 is 27.1 Å². The predicted molar refractivity (Wildman–Crippen MR) is 203 cm³/mol. The Hall–Kier alpha value is -1.35. The van der Waals surface area contributed by atoms with E-state index in [9.17, 15) is 17.6 Å².